The van der Waals surface area contributed by atoms with Gasteiger partial charge in [-0.05, 0) is 31.4 Å². The molecule has 0 amide bonds. The highest BCUT2D eigenvalue weighted by Gasteiger charge is 2.31. The maximum Gasteiger partial charge on any atom is 0.0729 e. The highest BCUT2D eigenvalue weighted by atomic mass is 35.5. The van der Waals surface area contributed by atoms with Crippen molar-refractivity contribution in [3.05, 3.63) is 22.8 Å². The van der Waals surface area contributed by atoms with Crippen LogP contribution in [-0.2, 0) is 4.74 Å². The van der Waals surface area contributed by atoms with Gasteiger partial charge in [0.25, 0.3) is 0 Å². The highest BCUT2D eigenvalue weighted by Crippen LogP contribution is 2.34. The summed E-state index contributed by atoms with van der Waals surface area (Å²) in [5, 5.41) is 4.17. The molecule has 1 fully saturated rings. The molecule has 16 heavy (non-hydrogen) atoms. The number of halogens is 2. The normalized spacial score (nSPS) is 34.8. The van der Waals surface area contributed by atoms with E-state index in [1.807, 2.05) is 6.08 Å². The molecule has 0 spiro atoms. The van der Waals surface area contributed by atoms with Crippen molar-refractivity contribution in [2.75, 3.05) is 20.3 Å². The summed E-state index contributed by atoms with van der Waals surface area (Å²) in [5.74, 6) is 0.544. The molecule has 1 N–H and O–H groups in total. The Morgan fingerprint density at radius 1 is 1.50 bits per heavy atom. The first kappa shape index (κ1) is 12.4. The van der Waals surface area contributed by atoms with Crippen molar-refractivity contribution in [1.29, 1.82) is 0 Å². The highest BCUT2D eigenvalue weighted by molar-refractivity contribution is 6.37. The zero-order valence-electron chi connectivity index (χ0n) is 9.38. The fraction of sp³-hybridized carbons (Fsp3) is 0.667. The van der Waals surface area contributed by atoms with E-state index < -0.39 is 0 Å². The van der Waals surface area contributed by atoms with Crippen LogP contribution in [-0.4, -0.2) is 31.7 Å². The molecule has 2 aliphatic rings. The Hall–Kier alpha value is -0.0200. The predicted octanol–water partition coefficient (Wildman–Crippen LogP) is 2.67. The lowest BCUT2D eigenvalue weighted by Gasteiger charge is -2.25. The second-order valence-electron chi connectivity index (χ2n) is 4.38. The average Bonchev–Trinajstić information content (AvgIpc) is 2.71. The molecular formula is C12H17Cl2NO. The molecule has 2 nitrogen and oxygen atoms in total. The van der Waals surface area contributed by atoms with Crippen molar-refractivity contribution in [2.45, 2.75) is 24.3 Å². The Kier molecular flexibility index (Phi) is 4.31. The molecule has 90 valence electrons. The quantitative estimate of drug-likeness (QED) is 0.789. The lowest BCUT2D eigenvalue weighted by atomic mass is 9.86. The summed E-state index contributed by atoms with van der Waals surface area (Å²) < 4.78 is 5.23. The molecule has 0 bridgehead atoms. The van der Waals surface area contributed by atoms with Gasteiger partial charge in [0.2, 0.25) is 0 Å². The first-order valence-corrected chi connectivity index (χ1v) is 6.46. The van der Waals surface area contributed by atoms with Gasteiger partial charge in [-0.15, -0.1) is 11.6 Å². The molecule has 0 radical (unpaired) electrons. The van der Waals surface area contributed by atoms with E-state index in [0.29, 0.717) is 12.0 Å². The van der Waals surface area contributed by atoms with Gasteiger partial charge in [-0.3, -0.25) is 0 Å². The van der Waals surface area contributed by atoms with Crippen LogP contribution in [0.3, 0.4) is 0 Å². The van der Waals surface area contributed by atoms with E-state index in [-0.39, 0.29) is 5.38 Å². The Labute approximate surface area is 107 Å². The molecular weight excluding hydrogens is 245 g/mol. The molecule has 1 saturated heterocycles. The molecule has 0 saturated carbocycles. The van der Waals surface area contributed by atoms with Crippen LogP contribution >= 0.6 is 23.2 Å². The van der Waals surface area contributed by atoms with Crippen molar-refractivity contribution < 1.29 is 4.74 Å². The Balaban J connectivity index is 2.07. The topological polar surface area (TPSA) is 21.3 Å². The largest absolute Gasteiger partial charge is 0.383 e. The third kappa shape index (κ3) is 2.62. The second-order valence-corrected chi connectivity index (χ2v) is 5.34. The molecule has 2 unspecified atom stereocenters. The van der Waals surface area contributed by atoms with E-state index in [2.05, 4.69) is 11.4 Å². The van der Waals surface area contributed by atoms with Crippen LogP contribution in [0.2, 0.25) is 0 Å². The zero-order chi connectivity index (χ0) is 11.5. The van der Waals surface area contributed by atoms with Crippen molar-refractivity contribution in [3.63, 3.8) is 0 Å². The minimum absolute atomic E-state index is 0.0505. The minimum Gasteiger partial charge on any atom is -0.383 e. The van der Waals surface area contributed by atoms with Gasteiger partial charge in [0.15, 0.2) is 0 Å². The summed E-state index contributed by atoms with van der Waals surface area (Å²) in [4.78, 5) is 0. The summed E-state index contributed by atoms with van der Waals surface area (Å²) in [6, 6.07) is 0.422. The molecule has 1 aliphatic carbocycles. The molecule has 1 heterocycles. The summed E-state index contributed by atoms with van der Waals surface area (Å²) in [6.45, 7) is 1.81. The van der Waals surface area contributed by atoms with Crippen LogP contribution in [0.15, 0.2) is 22.8 Å². The van der Waals surface area contributed by atoms with Crippen molar-refractivity contribution in [3.8, 4) is 0 Å². The number of hydrogen-bond donors (Lipinski definition) is 1. The number of rotatable bonds is 3. The number of hydrogen-bond acceptors (Lipinski definition) is 2. The number of methoxy groups -OCH3 is 1. The zero-order valence-corrected chi connectivity index (χ0v) is 10.9. The Bertz CT molecular complexity index is 314. The van der Waals surface area contributed by atoms with E-state index in [0.717, 1.165) is 31.0 Å². The van der Waals surface area contributed by atoms with Gasteiger partial charge in [0.05, 0.1) is 12.0 Å². The third-order valence-electron chi connectivity index (χ3n) is 3.34. The molecule has 3 atom stereocenters. The van der Waals surface area contributed by atoms with E-state index in [1.165, 1.54) is 5.57 Å². The van der Waals surface area contributed by atoms with Crippen LogP contribution in [0, 0.1) is 5.92 Å². The second kappa shape index (κ2) is 5.54. The van der Waals surface area contributed by atoms with Gasteiger partial charge in [-0.1, -0.05) is 23.3 Å². The molecule has 4 heteroatoms. The molecule has 0 aromatic heterocycles. The van der Waals surface area contributed by atoms with E-state index in [9.17, 15) is 0 Å². The SMILES string of the molecule is COC[C@@H]1NCCC1C1=CC=C(Cl)C(Cl)C1. The summed E-state index contributed by atoms with van der Waals surface area (Å²) in [5.41, 5.74) is 1.40. The first-order chi connectivity index (χ1) is 7.72. The smallest absolute Gasteiger partial charge is 0.0729 e. The molecule has 1 aliphatic heterocycles. The predicted molar refractivity (Wildman–Crippen MR) is 68.1 cm³/mol. The number of alkyl halides is 1. The molecule has 2 rings (SSSR count). The Morgan fingerprint density at radius 3 is 3.00 bits per heavy atom. The van der Waals surface area contributed by atoms with Gasteiger partial charge in [-0.25, -0.2) is 0 Å². The van der Waals surface area contributed by atoms with Gasteiger partial charge < -0.3 is 10.1 Å². The van der Waals surface area contributed by atoms with E-state index in [1.54, 1.807) is 7.11 Å². The molecule has 0 aromatic rings. The van der Waals surface area contributed by atoms with Crippen LogP contribution in [0.25, 0.3) is 0 Å². The van der Waals surface area contributed by atoms with Gasteiger partial charge >= 0.3 is 0 Å². The lowest BCUT2D eigenvalue weighted by molar-refractivity contribution is 0.162. The average molecular weight is 262 g/mol. The number of ether oxygens (including phenoxy) is 1. The summed E-state index contributed by atoms with van der Waals surface area (Å²) in [7, 11) is 1.74. The maximum atomic E-state index is 6.17. The first-order valence-electron chi connectivity index (χ1n) is 5.65. The summed E-state index contributed by atoms with van der Waals surface area (Å²) >= 11 is 12.2. The van der Waals surface area contributed by atoms with Crippen LogP contribution in [0.5, 0.6) is 0 Å². The van der Waals surface area contributed by atoms with Gasteiger partial charge in [0.1, 0.15) is 0 Å². The van der Waals surface area contributed by atoms with Crippen LogP contribution < -0.4 is 5.32 Å². The fourth-order valence-corrected chi connectivity index (χ4v) is 2.90. The minimum atomic E-state index is -0.0505. The van der Waals surface area contributed by atoms with Crippen LogP contribution in [0.4, 0.5) is 0 Å². The fourth-order valence-electron chi connectivity index (χ4n) is 2.50. The Morgan fingerprint density at radius 2 is 2.31 bits per heavy atom. The van der Waals surface area contributed by atoms with Gasteiger partial charge in [-0.2, -0.15) is 0 Å². The van der Waals surface area contributed by atoms with Crippen molar-refractivity contribution >= 4 is 23.2 Å². The molecule has 0 aromatic carbocycles. The van der Waals surface area contributed by atoms with E-state index >= 15 is 0 Å². The number of nitrogens with one attached hydrogen (secondary N) is 1. The van der Waals surface area contributed by atoms with Gasteiger partial charge in [0, 0.05) is 18.2 Å². The van der Waals surface area contributed by atoms with E-state index in [4.69, 9.17) is 27.9 Å². The third-order valence-corrected chi connectivity index (χ3v) is 4.23. The standard InChI is InChI=1S/C12H17Cl2NO/c1-16-7-12-9(4-5-15-12)8-2-3-10(13)11(14)6-8/h2-3,9,11-12,15H,4-7H2,1H3/t9?,11?,12-/m0/s1. The van der Waals surface area contributed by atoms with Crippen molar-refractivity contribution in [2.24, 2.45) is 5.92 Å². The lowest BCUT2D eigenvalue weighted by Crippen LogP contribution is -2.33. The monoisotopic (exact) mass is 261 g/mol. The number of allylic oxidation sites excluding steroid dienone is 3. The van der Waals surface area contributed by atoms with Crippen molar-refractivity contribution in [1.82, 2.24) is 5.32 Å². The van der Waals surface area contributed by atoms with Crippen LogP contribution in [0.1, 0.15) is 12.8 Å². The maximum absolute atomic E-state index is 6.17. The summed E-state index contributed by atoms with van der Waals surface area (Å²) in [6.07, 6.45) is 6.08.